The number of urea groups is 1. The summed E-state index contributed by atoms with van der Waals surface area (Å²) in [4.78, 5) is 13.5. The van der Waals surface area contributed by atoms with E-state index in [4.69, 9.17) is 11.6 Å². The molecule has 0 atom stereocenters. The maximum absolute atomic E-state index is 11.8. The van der Waals surface area contributed by atoms with E-state index in [-0.39, 0.29) is 11.6 Å². The zero-order valence-electron chi connectivity index (χ0n) is 10.7. The van der Waals surface area contributed by atoms with Gasteiger partial charge in [-0.1, -0.05) is 29.8 Å². The second-order valence-corrected chi connectivity index (χ2v) is 5.53. The standard InChI is InChI=1S/C13H19ClN2O/c1-13(2,3)15-12(17)16(4)9-10-7-5-6-8-11(10)14/h5-8H,9H2,1-4H3,(H,15,17). The second-order valence-electron chi connectivity index (χ2n) is 5.13. The molecule has 2 amide bonds. The third-order valence-corrected chi connectivity index (χ3v) is 2.56. The molecule has 0 aromatic heterocycles. The van der Waals surface area contributed by atoms with E-state index in [9.17, 15) is 4.79 Å². The van der Waals surface area contributed by atoms with Crippen molar-refractivity contribution >= 4 is 17.6 Å². The van der Waals surface area contributed by atoms with Gasteiger partial charge >= 0.3 is 6.03 Å². The molecule has 3 nitrogen and oxygen atoms in total. The van der Waals surface area contributed by atoms with E-state index in [2.05, 4.69) is 5.32 Å². The first-order valence-corrected chi connectivity index (χ1v) is 5.94. The number of carbonyl (C=O) groups is 1. The van der Waals surface area contributed by atoms with Crippen LogP contribution in [-0.2, 0) is 6.54 Å². The predicted molar refractivity (Wildman–Crippen MR) is 71.2 cm³/mol. The molecular formula is C13H19ClN2O. The van der Waals surface area contributed by atoms with Crippen LogP contribution >= 0.6 is 11.6 Å². The van der Waals surface area contributed by atoms with E-state index in [1.54, 1.807) is 11.9 Å². The van der Waals surface area contributed by atoms with Gasteiger partial charge in [0.15, 0.2) is 0 Å². The summed E-state index contributed by atoms with van der Waals surface area (Å²) in [5, 5.41) is 3.59. The van der Waals surface area contributed by atoms with E-state index in [0.717, 1.165) is 5.56 Å². The predicted octanol–water partition coefficient (Wildman–Crippen LogP) is 3.28. The summed E-state index contributed by atoms with van der Waals surface area (Å²) >= 11 is 6.05. The molecule has 1 aromatic rings. The maximum atomic E-state index is 11.8. The van der Waals surface area contributed by atoms with Gasteiger partial charge in [0, 0.05) is 24.2 Å². The van der Waals surface area contributed by atoms with Crippen LogP contribution in [0.2, 0.25) is 5.02 Å². The molecule has 1 aromatic carbocycles. The van der Waals surface area contributed by atoms with E-state index in [1.807, 2.05) is 45.0 Å². The van der Waals surface area contributed by atoms with E-state index < -0.39 is 0 Å². The fourth-order valence-electron chi connectivity index (χ4n) is 1.37. The lowest BCUT2D eigenvalue weighted by molar-refractivity contribution is 0.197. The Morgan fingerprint density at radius 1 is 1.35 bits per heavy atom. The van der Waals surface area contributed by atoms with Gasteiger partial charge in [0.2, 0.25) is 0 Å². The van der Waals surface area contributed by atoms with Gasteiger partial charge in [-0.15, -0.1) is 0 Å². The Morgan fingerprint density at radius 3 is 2.47 bits per heavy atom. The van der Waals surface area contributed by atoms with Gasteiger partial charge in [-0.05, 0) is 32.4 Å². The molecule has 0 aliphatic heterocycles. The lowest BCUT2D eigenvalue weighted by atomic mass is 10.1. The first-order chi connectivity index (χ1) is 7.79. The minimum Gasteiger partial charge on any atom is -0.333 e. The van der Waals surface area contributed by atoms with Crippen molar-refractivity contribution in [3.8, 4) is 0 Å². The van der Waals surface area contributed by atoms with Crippen LogP contribution in [0.1, 0.15) is 26.3 Å². The molecule has 17 heavy (non-hydrogen) atoms. The summed E-state index contributed by atoms with van der Waals surface area (Å²) in [6, 6.07) is 7.44. The molecule has 1 rings (SSSR count). The molecule has 0 aliphatic carbocycles. The molecule has 0 saturated carbocycles. The highest BCUT2D eigenvalue weighted by atomic mass is 35.5. The lowest BCUT2D eigenvalue weighted by Gasteiger charge is -2.26. The van der Waals surface area contributed by atoms with Crippen molar-refractivity contribution in [2.24, 2.45) is 0 Å². The summed E-state index contributed by atoms with van der Waals surface area (Å²) in [6.45, 7) is 6.36. The smallest absolute Gasteiger partial charge is 0.317 e. The van der Waals surface area contributed by atoms with Gasteiger partial charge < -0.3 is 10.2 Å². The zero-order chi connectivity index (χ0) is 13.1. The average molecular weight is 255 g/mol. The van der Waals surface area contributed by atoms with Crippen molar-refractivity contribution in [1.82, 2.24) is 10.2 Å². The maximum Gasteiger partial charge on any atom is 0.317 e. The molecular weight excluding hydrogens is 236 g/mol. The largest absolute Gasteiger partial charge is 0.333 e. The van der Waals surface area contributed by atoms with Gasteiger partial charge in [-0.25, -0.2) is 4.79 Å². The molecule has 0 aliphatic rings. The van der Waals surface area contributed by atoms with Gasteiger partial charge in [-0.2, -0.15) is 0 Å². The number of hydrogen-bond donors (Lipinski definition) is 1. The molecule has 1 N–H and O–H groups in total. The van der Waals surface area contributed by atoms with E-state index in [1.165, 1.54) is 0 Å². The molecule has 0 saturated heterocycles. The van der Waals surface area contributed by atoms with Crippen LogP contribution < -0.4 is 5.32 Å². The van der Waals surface area contributed by atoms with Gasteiger partial charge in [-0.3, -0.25) is 0 Å². The van der Waals surface area contributed by atoms with Crippen molar-refractivity contribution < 1.29 is 4.79 Å². The Bertz CT molecular complexity index is 399. The van der Waals surface area contributed by atoms with Crippen LogP contribution in [0.25, 0.3) is 0 Å². The minimum absolute atomic E-state index is 0.0996. The van der Waals surface area contributed by atoms with E-state index >= 15 is 0 Å². The van der Waals surface area contributed by atoms with Crippen LogP contribution in [0, 0.1) is 0 Å². The Morgan fingerprint density at radius 2 is 1.94 bits per heavy atom. The molecule has 0 spiro atoms. The number of amides is 2. The molecule has 0 unspecified atom stereocenters. The number of carbonyl (C=O) groups excluding carboxylic acids is 1. The van der Waals surface area contributed by atoms with E-state index in [0.29, 0.717) is 11.6 Å². The van der Waals surface area contributed by atoms with Crippen molar-refractivity contribution in [1.29, 1.82) is 0 Å². The third-order valence-electron chi connectivity index (χ3n) is 2.19. The number of hydrogen-bond acceptors (Lipinski definition) is 1. The quantitative estimate of drug-likeness (QED) is 0.863. The molecule has 4 heteroatoms. The Kier molecular flexibility index (Phi) is 4.40. The number of nitrogens with zero attached hydrogens (tertiary/aromatic N) is 1. The Balaban J connectivity index is 2.64. The monoisotopic (exact) mass is 254 g/mol. The summed E-state index contributed by atoms with van der Waals surface area (Å²) in [5.41, 5.74) is 0.715. The molecule has 0 radical (unpaired) electrons. The topological polar surface area (TPSA) is 32.3 Å². The first-order valence-electron chi connectivity index (χ1n) is 5.56. The molecule has 94 valence electrons. The summed E-state index contributed by atoms with van der Waals surface area (Å²) in [5.74, 6) is 0. The number of benzene rings is 1. The average Bonchev–Trinajstić information content (AvgIpc) is 2.18. The fourth-order valence-corrected chi connectivity index (χ4v) is 1.57. The lowest BCUT2D eigenvalue weighted by Crippen LogP contribution is -2.46. The van der Waals surface area contributed by atoms with Gasteiger partial charge in [0.05, 0.1) is 0 Å². The minimum atomic E-state index is -0.230. The second kappa shape index (κ2) is 5.41. The Hall–Kier alpha value is -1.22. The molecule has 0 bridgehead atoms. The van der Waals surface area contributed by atoms with Crippen LogP contribution in [0.4, 0.5) is 4.79 Å². The van der Waals surface area contributed by atoms with Crippen LogP contribution in [0.15, 0.2) is 24.3 Å². The normalized spacial score (nSPS) is 11.1. The zero-order valence-corrected chi connectivity index (χ0v) is 11.5. The Labute approximate surface area is 108 Å². The molecule has 0 fully saturated rings. The van der Waals surface area contributed by atoms with Crippen molar-refractivity contribution in [2.75, 3.05) is 7.05 Å². The SMILES string of the molecule is CN(Cc1ccccc1Cl)C(=O)NC(C)(C)C. The van der Waals surface area contributed by atoms with Crippen LogP contribution in [0.5, 0.6) is 0 Å². The van der Waals surface area contributed by atoms with Crippen LogP contribution in [-0.4, -0.2) is 23.5 Å². The summed E-state index contributed by atoms with van der Waals surface area (Å²) < 4.78 is 0. The van der Waals surface area contributed by atoms with Gasteiger partial charge in [0.25, 0.3) is 0 Å². The summed E-state index contributed by atoms with van der Waals surface area (Å²) in [7, 11) is 1.75. The van der Waals surface area contributed by atoms with Crippen molar-refractivity contribution in [3.05, 3.63) is 34.9 Å². The fraction of sp³-hybridized carbons (Fsp3) is 0.462. The van der Waals surface area contributed by atoms with Crippen molar-refractivity contribution in [2.45, 2.75) is 32.9 Å². The highest BCUT2D eigenvalue weighted by Gasteiger charge is 2.17. The highest BCUT2D eigenvalue weighted by molar-refractivity contribution is 6.31. The van der Waals surface area contributed by atoms with Gasteiger partial charge in [0.1, 0.15) is 0 Å². The van der Waals surface area contributed by atoms with Crippen molar-refractivity contribution in [3.63, 3.8) is 0 Å². The van der Waals surface area contributed by atoms with Crippen LogP contribution in [0.3, 0.4) is 0 Å². The molecule has 0 heterocycles. The summed E-state index contributed by atoms with van der Waals surface area (Å²) in [6.07, 6.45) is 0. The highest BCUT2D eigenvalue weighted by Crippen LogP contribution is 2.16. The first kappa shape index (κ1) is 13.8. The third kappa shape index (κ3) is 4.65. The number of halogens is 1. The number of nitrogens with one attached hydrogen (secondary N) is 1. The number of rotatable bonds is 2.